The van der Waals surface area contributed by atoms with Crippen LogP contribution in [0.2, 0.25) is 0 Å². The molecule has 0 spiro atoms. The van der Waals surface area contributed by atoms with Crippen molar-refractivity contribution in [3.63, 3.8) is 0 Å². The van der Waals surface area contributed by atoms with Gasteiger partial charge in [-0.05, 0) is 52.9 Å². The molecule has 7 nitrogen and oxygen atoms in total. The van der Waals surface area contributed by atoms with Gasteiger partial charge in [-0.15, -0.1) is 24.0 Å². The maximum Gasteiger partial charge on any atom is 0.306 e. The second-order valence-corrected chi connectivity index (χ2v) is 8.86. The summed E-state index contributed by atoms with van der Waals surface area (Å²) in [6, 6.07) is 0.494. The average Bonchev–Trinajstić information content (AvgIpc) is 2.66. The predicted octanol–water partition coefficient (Wildman–Crippen LogP) is 3.56. The quantitative estimate of drug-likeness (QED) is 0.130. The fourth-order valence-electron chi connectivity index (χ4n) is 3.47. The average molecular weight is 541 g/mol. The predicted molar refractivity (Wildman–Crippen MR) is 135 cm³/mol. The van der Waals surface area contributed by atoms with E-state index < -0.39 is 0 Å². The summed E-state index contributed by atoms with van der Waals surface area (Å²) in [6.45, 7) is 10.9. The van der Waals surface area contributed by atoms with E-state index >= 15 is 0 Å². The zero-order valence-corrected chi connectivity index (χ0v) is 22.1. The lowest BCUT2D eigenvalue weighted by Gasteiger charge is -2.33. The number of piperidine rings is 1. The molecule has 0 unspecified atom stereocenters. The number of rotatable bonds is 12. The minimum absolute atomic E-state index is 0. The monoisotopic (exact) mass is 540 g/mol. The molecule has 0 aromatic rings. The van der Waals surface area contributed by atoms with E-state index in [2.05, 4.69) is 20.5 Å². The van der Waals surface area contributed by atoms with Crippen LogP contribution in [0.1, 0.15) is 72.1 Å². The van der Waals surface area contributed by atoms with Crippen molar-refractivity contribution in [1.82, 2.24) is 15.5 Å². The van der Waals surface area contributed by atoms with Gasteiger partial charge in [0.2, 0.25) is 0 Å². The van der Waals surface area contributed by atoms with Crippen molar-refractivity contribution in [2.75, 3.05) is 46.9 Å². The molecule has 0 amide bonds. The first-order valence-corrected chi connectivity index (χ1v) is 11.2. The smallest absolute Gasteiger partial charge is 0.306 e. The van der Waals surface area contributed by atoms with Crippen LogP contribution in [0.15, 0.2) is 4.99 Å². The Morgan fingerprint density at radius 2 is 1.77 bits per heavy atom. The van der Waals surface area contributed by atoms with Crippen LogP contribution in [-0.2, 0) is 14.3 Å². The Labute approximate surface area is 201 Å². The third-order valence-electron chi connectivity index (χ3n) is 4.99. The number of hydrogen-bond acceptors (Lipinski definition) is 5. The Bertz CT molecular complexity index is 475. The van der Waals surface area contributed by atoms with Crippen LogP contribution in [0.4, 0.5) is 0 Å². The van der Waals surface area contributed by atoms with Crippen LogP contribution in [0, 0.1) is 0 Å². The molecule has 0 aromatic carbocycles. The van der Waals surface area contributed by atoms with Gasteiger partial charge in [-0.1, -0.05) is 12.8 Å². The summed E-state index contributed by atoms with van der Waals surface area (Å²) in [5, 5.41) is 6.98. The van der Waals surface area contributed by atoms with Crippen LogP contribution in [0.3, 0.4) is 0 Å². The van der Waals surface area contributed by atoms with Gasteiger partial charge in [-0.2, -0.15) is 0 Å². The van der Waals surface area contributed by atoms with E-state index in [1.165, 1.54) is 0 Å². The van der Waals surface area contributed by atoms with E-state index in [4.69, 9.17) is 9.47 Å². The number of nitrogens with one attached hydrogen (secondary N) is 2. The molecule has 0 atom stereocenters. The third kappa shape index (κ3) is 15.2. The van der Waals surface area contributed by atoms with E-state index in [-0.39, 0.29) is 35.5 Å². The lowest BCUT2D eigenvalue weighted by Crippen LogP contribution is -2.49. The van der Waals surface area contributed by atoms with Crippen molar-refractivity contribution in [2.45, 2.75) is 83.8 Å². The summed E-state index contributed by atoms with van der Waals surface area (Å²) < 4.78 is 10.5. The molecule has 178 valence electrons. The van der Waals surface area contributed by atoms with Gasteiger partial charge >= 0.3 is 5.97 Å². The van der Waals surface area contributed by atoms with Crippen molar-refractivity contribution >= 4 is 35.9 Å². The van der Waals surface area contributed by atoms with E-state index in [1.807, 2.05) is 27.8 Å². The van der Waals surface area contributed by atoms with Crippen LogP contribution in [0.5, 0.6) is 0 Å². The Balaban J connectivity index is 0.00000841. The molecule has 30 heavy (non-hydrogen) atoms. The number of nitrogens with zero attached hydrogens (tertiary/aromatic N) is 2. The highest BCUT2D eigenvalue weighted by molar-refractivity contribution is 14.0. The summed E-state index contributed by atoms with van der Waals surface area (Å²) in [5.41, 5.74) is -0.384. The molecule has 1 saturated heterocycles. The molecule has 1 fully saturated rings. The van der Waals surface area contributed by atoms with E-state index in [0.717, 1.165) is 83.7 Å². The van der Waals surface area contributed by atoms with Crippen LogP contribution >= 0.6 is 24.0 Å². The topological polar surface area (TPSA) is 75.2 Å². The van der Waals surface area contributed by atoms with Gasteiger partial charge in [0.1, 0.15) is 5.60 Å². The number of esters is 1. The molecule has 0 aromatic heterocycles. The molecular weight excluding hydrogens is 495 g/mol. The lowest BCUT2D eigenvalue weighted by molar-refractivity contribution is -0.154. The first-order chi connectivity index (χ1) is 13.8. The largest absolute Gasteiger partial charge is 0.460 e. The van der Waals surface area contributed by atoms with Gasteiger partial charge in [0.15, 0.2) is 5.96 Å². The number of unbranched alkanes of at least 4 members (excludes halogenated alkanes) is 3. The van der Waals surface area contributed by atoms with Crippen molar-refractivity contribution < 1.29 is 14.3 Å². The Morgan fingerprint density at radius 3 is 2.37 bits per heavy atom. The number of hydrogen-bond donors (Lipinski definition) is 2. The Kier molecular flexibility index (Phi) is 16.7. The molecule has 1 aliphatic rings. The van der Waals surface area contributed by atoms with Gasteiger partial charge in [0.05, 0.1) is 0 Å². The number of carbonyl (C=O) groups excluding carboxylic acids is 1. The third-order valence-corrected chi connectivity index (χ3v) is 4.99. The lowest BCUT2D eigenvalue weighted by atomic mass is 10.1. The van der Waals surface area contributed by atoms with Crippen LogP contribution in [-0.4, -0.2) is 75.4 Å². The first-order valence-electron chi connectivity index (χ1n) is 11.2. The number of guanidine groups is 1. The van der Waals surface area contributed by atoms with Crippen LogP contribution < -0.4 is 10.6 Å². The number of carbonyl (C=O) groups is 1. The van der Waals surface area contributed by atoms with E-state index in [9.17, 15) is 4.79 Å². The zero-order valence-electron chi connectivity index (χ0n) is 19.8. The van der Waals surface area contributed by atoms with E-state index in [0.29, 0.717) is 12.5 Å². The highest BCUT2D eigenvalue weighted by Gasteiger charge is 2.19. The minimum Gasteiger partial charge on any atom is -0.460 e. The zero-order chi connectivity index (χ0) is 21.5. The molecule has 1 heterocycles. The van der Waals surface area contributed by atoms with Gasteiger partial charge in [0, 0.05) is 59.4 Å². The number of halogens is 1. The molecular formula is C22H45IN4O3. The van der Waals surface area contributed by atoms with Gasteiger partial charge < -0.3 is 25.0 Å². The SMILES string of the molecule is CN=C(NCCCCCCC(=O)OC(C)(C)C)NC1CCN(CCCOC)CC1.I. The highest BCUT2D eigenvalue weighted by atomic mass is 127. The Hall–Kier alpha value is -0.610. The van der Waals surface area contributed by atoms with Gasteiger partial charge in [-0.3, -0.25) is 9.79 Å². The molecule has 1 aliphatic heterocycles. The van der Waals surface area contributed by atoms with Crippen LogP contribution in [0.25, 0.3) is 0 Å². The van der Waals surface area contributed by atoms with Crippen molar-refractivity contribution in [3.8, 4) is 0 Å². The second kappa shape index (κ2) is 17.0. The normalized spacial score (nSPS) is 16.1. The first kappa shape index (κ1) is 29.4. The summed E-state index contributed by atoms with van der Waals surface area (Å²) >= 11 is 0. The fraction of sp³-hybridized carbons (Fsp3) is 0.909. The number of ether oxygens (including phenoxy) is 2. The molecule has 0 aliphatic carbocycles. The number of methoxy groups -OCH3 is 1. The molecule has 0 saturated carbocycles. The Morgan fingerprint density at radius 1 is 1.10 bits per heavy atom. The standard InChI is InChI=1S/C22H44N4O3.HI/c1-22(2,3)29-20(27)11-8-6-7-9-14-24-21(23-4)25-19-12-16-26(17-13-19)15-10-18-28-5;/h19H,6-18H2,1-5H3,(H2,23,24,25);1H. The summed E-state index contributed by atoms with van der Waals surface area (Å²) in [5.74, 6) is 0.807. The molecule has 2 N–H and O–H groups in total. The minimum atomic E-state index is -0.384. The summed E-state index contributed by atoms with van der Waals surface area (Å²) in [7, 11) is 3.59. The van der Waals surface area contributed by atoms with Crippen molar-refractivity contribution in [1.29, 1.82) is 0 Å². The molecule has 1 rings (SSSR count). The fourth-order valence-corrected chi connectivity index (χ4v) is 3.47. The second-order valence-electron chi connectivity index (χ2n) is 8.86. The van der Waals surface area contributed by atoms with Crippen molar-refractivity contribution in [3.05, 3.63) is 0 Å². The van der Waals surface area contributed by atoms with Gasteiger partial charge in [-0.25, -0.2) is 0 Å². The maximum atomic E-state index is 11.7. The summed E-state index contributed by atoms with van der Waals surface area (Å²) in [4.78, 5) is 18.6. The summed E-state index contributed by atoms with van der Waals surface area (Å²) in [6.07, 6.45) is 8.04. The molecule has 8 heteroatoms. The maximum absolute atomic E-state index is 11.7. The molecule has 0 radical (unpaired) electrons. The highest BCUT2D eigenvalue weighted by Crippen LogP contribution is 2.12. The molecule has 0 bridgehead atoms. The number of aliphatic imine (C=N–C) groups is 1. The van der Waals surface area contributed by atoms with Crippen molar-refractivity contribution in [2.24, 2.45) is 4.99 Å². The van der Waals surface area contributed by atoms with E-state index in [1.54, 1.807) is 7.11 Å². The number of likely N-dealkylation sites (tertiary alicyclic amines) is 1. The van der Waals surface area contributed by atoms with Gasteiger partial charge in [0.25, 0.3) is 0 Å².